The van der Waals surface area contributed by atoms with Gasteiger partial charge in [0, 0.05) is 6.54 Å². The van der Waals surface area contributed by atoms with Crippen molar-refractivity contribution in [2.75, 3.05) is 6.54 Å². The molecule has 1 heterocycles. The number of hydrogen-bond acceptors (Lipinski definition) is 3. The van der Waals surface area contributed by atoms with Crippen LogP contribution in [0.3, 0.4) is 0 Å². The lowest BCUT2D eigenvalue weighted by molar-refractivity contribution is 0.00453. The Balaban J connectivity index is 2.02. The van der Waals surface area contributed by atoms with Gasteiger partial charge in [0.1, 0.15) is 5.60 Å². The van der Waals surface area contributed by atoms with E-state index in [9.17, 15) is 9.90 Å². The lowest BCUT2D eigenvalue weighted by Gasteiger charge is -2.31. The molecule has 0 aromatic carbocycles. The van der Waals surface area contributed by atoms with E-state index >= 15 is 0 Å². The van der Waals surface area contributed by atoms with Crippen LogP contribution in [0.15, 0.2) is 0 Å². The quantitative estimate of drug-likeness (QED) is 0.686. The van der Waals surface area contributed by atoms with Crippen LogP contribution in [0, 0.1) is 5.92 Å². The maximum atomic E-state index is 11.9. The van der Waals surface area contributed by atoms with Crippen LogP contribution in [-0.4, -0.2) is 40.4 Å². The first-order valence-corrected chi connectivity index (χ1v) is 6.04. The number of nitrogens with zero attached hydrogens (tertiary/aromatic N) is 1. The van der Waals surface area contributed by atoms with E-state index in [4.69, 9.17) is 4.74 Å². The molecule has 0 aromatic rings. The van der Waals surface area contributed by atoms with Gasteiger partial charge in [0.05, 0.1) is 12.1 Å². The predicted octanol–water partition coefficient (Wildman–Crippen LogP) is 1.77. The number of likely N-dealkylation sites (tertiary alicyclic amines) is 1. The molecule has 2 rings (SSSR count). The van der Waals surface area contributed by atoms with Gasteiger partial charge in [0.2, 0.25) is 0 Å². The van der Waals surface area contributed by atoms with Crippen molar-refractivity contribution in [2.45, 2.75) is 57.8 Å². The lowest BCUT2D eigenvalue weighted by Crippen LogP contribution is -2.44. The van der Waals surface area contributed by atoms with E-state index in [0.717, 1.165) is 25.8 Å². The fourth-order valence-corrected chi connectivity index (χ4v) is 2.66. The second kappa shape index (κ2) is 3.91. The van der Waals surface area contributed by atoms with Gasteiger partial charge in [-0.1, -0.05) is 0 Å². The van der Waals surface area contributed by atoms with Crippen molar-refractivity contribution in [1.82, 2.24) is 4.90 Å². The zero-order chi connectivity index (χ0) is 11.9. The minimum absolute atomic E-state index is 0.0198. The summed E-state index contributed by atoms with van der Waals surface area (Å²) in [5, 5.41) is 9.86. The van der Waals surface area contributed by atoms with Crippen LogP contribution < -0.4 is 0 Å². The highest BCUT2D eigenvalue weighted by Crippen LogP contribution is 2.36. The zero-order valence-corrected chi connectivity index (χ0v) is 10.3. The van der Waals surface area contributed by atoms with Crippen LogP contribution in [0.5, 0.6) is 0 Å². The molecule has 0 unspecified atom stereocenters. The molecule has 92 valence electrons. The van der Waals surface area contributed by atoms with Gasteiger partial charge in [0.15, 0.2) is 0 Å². The normalized spacial score (nSPS) is 34.0. The molecule has 4 nitrogen and oxygen atoms in total. The van der Waals surface area contributed by atoms with Crippen LogP contribution in [0.2, 0.25) is 0 Å². The van der Waals surface area contributed by atoms with Crippen LogP contribution in [0.25, 0.3) is 0 Å². The van der Waals surface area contributed by atoms with Crippen molar-refractivity contribution < 1.29 is 14.6 Å². The first kappa shape index (κ1) is 11.7. The summed E-state index contributed by atoms with van der Waals surface area (Å²) in [6.45, 7) is 6.34. The largest absolute Gasteiger partial charge is 0.444 e. The Hall–Kier alpha value is -0.770. The van der Waals surface area contributed by atoms with E-state index in [2.05, 4.69) is 0 Å². The molecule has 2 bridgehead atoms. The molecular weight excluding hydrogens is 206 g/mol. The highest BCUT2D eigenvalue weighted by molar-refractivity contribution is 5.69. The monoisotopic (exact) mass is 227 g/mol. The maximum absolute atomic E-state index is 11.9. The fourth-order valence-electron chi connectivity index (χ4n) is 2.66. The molecule has 4 heteroatoms. The molecule has 2 fully saturated rings. The van der Waals surface area contributed by atoms with Crippen molar-refractivity contribution in [2.24, 2.45) is 5.92 Å². The van der Waals surface area contributed by atoms with Gasteiger partial charge < -0.3 is 14.7 Å². The van der Waals surface area contributed by atoms with Crippen molar-refractivity contribution in [3.8, 4) is 0 Å². The molecule has 0 spiro atoms. The number of hydrogen-bond donors (Lipinski definition) is 1. The Morgan fingerprint density at radius 3 is 2.69 bits per heavy atom. The average Bonchev–Trinajstić information content (AvgIpc) is 2.49. The predicted molar refractivity (Wildman–Crippen MR) is 60.1 cm³/mol. The SMILES string of the molecule is CC(C)(C)OC(=O)N1C[C@H]2CC[C@H](O)[C@@H]1C2. The number of amides is 1. The Kier molecular flexibility index (Phi) is 2.86. The summed E-state index contributed by atoms with van der Waals surface area (Å²) in [5.74, 6) is 0.556. The molecule has 16 heavy (non-hydrogen) atoms. The number of aliphatic hydroxyl groups excluding tert-OH is 1. The van der Waals surface area contributed by atoms with Gasteiger partial charge in [0.25, 0.3) is 0 Å². The summed E-state index contributed by atoms with van der Waals surface area (Å²) in [5.41, 5.74) is -0.460. The van der Waals surface area contributed by atoms with Crippen LogP contribution in [0.4, 0.5) is 4.79 Å². The molecule has 2 aliphatic rings. The Labute approximate surface area is 96.6 Å². The van der Waals surface area contributed by atoms with Crippen LogP contribution in [-0.2, 0) is 4.74 Å². The summed E-state index contributed by atoms with van der Waals surface area (Å²) in [4.78, 5) is 13.7. The molecule has 1 aliphatic carbocycles. The van der Waals surface area contributed by atoms with Gasteiger partial charge >= 0.3 is 6.09 Å². The fraction of sp³-hybridized carbons (Fsp3) is 0.917. The first-order chi connectivity index (χ1) is 7.37. The number of carbonyl (C=O) groups is 1. The minimum atomic E-state index is -0.460. The van der Waals surface area contributed by atoms with Crippen LogP contribution >= 0.6 is 0 Å². The number of aliphatic hydroxyl groups is 1. The minimum Gasteiger partial charge on any atom is -0.444 e. The molecular formula is C12H21NO3. The Morgan fingerprint density at radius 1 is 1.38 bits per heavy atom. The summed E-state index contributed by atoms with van der Waals surface area (Å²) >= 11 is 0. The molecule has 0 radical (unpaired) electrons. The highest BCUT2D eigenvalue weighted by Gasteiger charge is 2.44. The van der Waals surface area contributed by atoms with E-state index in [1.165, 1.54) is 0 Å². The van der Waals surface area contributed by atoms with Gasteiger partial charge in [-0.05, 0) is 46.0 Å². The topological polar surface area (TPSA) is 49.8 Å². The number of ether oxygens (including phenoxy) is 1. The summed E-state index contributed by atoms with van der Waals surface area (Å²) in [6.07, 6.45) is 2.12. The number of fused-ring (bicyclic) bond motifs is 2. The standard InChI is InChI=1S/C12H21NO3/c1-12(2,3)16-11(15)13-7-8-4-5-10(14)9(13)6-8/h8-10,14H,4-7H2,1-3H3/t8-,9-,10-/m0/s1. The van der Waals surface area contributed by atoms with Crippen LogP contribution in [0.1, 0.15) is 40.0 Å². The van der Waals surface area contributed by atoms with Crippen molar-refractivity contribution in [1.29, 1.82) is 0 Å². The van der Waals surface area contributed by atoms with E-state index in [1.54, 1.807) is 4.90 Å². The Morgan fingerprint density at radius 2 is 2.06 bits per heavy atom. The van der Waals surface area contributed by atoms with E-state index < -0.39 is 5.60 Å². The molecule has 1 saturated heterocycles. The van der Waals surface area contributed by atoms with Gasteiger partial charge in [-0.2, -0.15) is 0 Å². The van der Waals surface area contributed by atoms with Crippen molar-refractivity contribution in [3.63, 3.8) is 0 Å². The third kappa shape index (κ3) is 2.32. The lowest BCUT2D eigenvalue weighted by atomic mass is 9.88. The highest BCUT2D eigenvalue weighted by atomic mass is 16.6. The molecule has 1 amide bonds. The third-order valence-corrected chi connectivity index (χ3v) is 3.37. The third-order valence-electron chi connectivity index (χ3n) is 3.37. The van der Waals surface area contributed by atoms with E-state index in [-0.39, 0.29) is 18.2 Å². The summed E-state index contributed by atoms with van der Waals surface area (Å²) < 4.78 is 5.35. The second-order valence-electron chi connectivity index (χ2n) is 5.95. The van der Waals surface area contributed by atoms with Gasteiger partial charge in [-0.3, -0.25) is 0 Å². The smallest absolute Gasteiger partial charge is 0.410 e. The van der Waals surface area contributed by atoms with Crippen molar-refractivity contribution in [3.05, 3.63) is 0 Å². The molecule has 0 aromatic heterocycles. The molecule has 1 aliphatic heterocycles. The molecule has 1 saturated carbocycles. The van der Waals surface area contributed by atoms with Crippen molar-refractivity contribution >= 4 is 6.09 Å². The number of rotatable bonds is 0. The molecule has 1 N–H and O–H groups in total. The number of carbonyl (C=O) groups excluding carboxylic acids is 1. The maximum Gasteiger partial charge on any atom is 0.410 e. The molecule has 3 atom stereocenters. The summed E-state index contributed by atoms with van der Waals surface area (Å²) in [7, 11) is 0. The second-order valence-corrected chi connectivity index (χ2v) is 5.95. The van der Waals surface area contributed by atoms with E-state index in [0.29, 0.717) is 5.92 Å². The zero-order valence-electron chi connectivity index (χ0n) is 10.3. The van der Waals surface area contributed by atoms with Gasteiger partial charge in [-0.25, -0.2) is 4.79 Å². The average molecular weight is 227 g/mol. The Bertz CT molecular complexity index is 284. The van der Waals surface area contributed by atoms with Gasteiger partial charge in [-0.15, -0.1) is 0 Å². The first-order valence-electron chi connectivity index (χ1n) is 6.04. The summed E-state index contributed by atoms with van der Waals surface area (Å²) in [6, 6.07) is -0.0198. The van der Waals surface area contributed by atoms with E-state index in [1.807, 2.05) is 20.8 Å².